The minimum Gasteiger partial charge on any atom is -0.491 e. The summed E-state index contributed by atoms with van der Waals surface area (Å²) in [4.78, 5) is 19.9. The van der Waals surface area contributed by atoms with Gasteiger partial charge in [0.15, 0.2) is 0 Å². The van der Waals surface area contributed by atoms with Crippen LogP contribution in [0.15, 0.2) is 66.2 Å². The fourth-order valence-electron chi connectivity index (χ4n) is 3.94. The molecule has 1 aliphatic heterocycles. The van der Waals surface area contributed by atoms with Gasteiger partial charge in [-0.15, -0.1) is 11.3 Å². The minimum atomic E-state index is -0.135. The van der Waals surface area contributed by atoms with Gasteiger partial charge in [-0.05, 0) is 43.5 Å². The summed E-state index contributed by atoms with van der Waals surface area (Å²) in [6, 6.07) is 17.5. The molecule has 6 nitrogen and oxygen atoms in total. The molecule has 33 heavy (non-hydrogen) atoms. The molecule has 1 N–H and O–H groups in total. The molecule has 0 saturated heterocycles. The average Bonchev–Trinajstić information content (AvgIpc) is 3.34. The molecule has 1 aliphatic rings. The van der Waals surface area contributed by atoms with Crippen molar-refractivity contribution < 1.29 is 14.3 Å². The van der Waals surface area contributed by atoms with Crippen LogP contribution in [0.3, 0.4) is 0 Å². The van der Waals surface area contributed by atoms with Gasteiger partial charge in [0.05, 0.1) is 24.8 Å². The van der Waals surface area contributed by atoms with Crippen LogP contribution in [-0.2, 0) is 17.7 Å². The fraction of sp³-hybridized carbons (Fsp3) is 0.385. The van der Waals surface area contributed by atoms with Crippen LogP contribution in [0.2, 0.25) is 0 Å². The van der Waals surface area contributed by atoms with E-state index >= 15 is 0 Å². The topological polar surface area (TPSA) is 63.7 Å². The van der Waals surface area contributed by atoms with Crippen molar-refractivity contribution in [1.29, 1.82) is 0 Å². The van der Waals surface area contributed by atoms with Crippen LogP contribution in [0, 0.1) is 0 Å². The van der Waals surface area contributed by atoms with E-state index in [1.165, 1.54) is 5.56 Å². The first kappa shape index (κ1) is 23.4. The van der Waals surface area contributed by atoms with Crippen LogP contribution < -0.4 is 10.1 Å². The number of hydrogen-bond acceptors (Lipinski definition) is 6. The summed E-state index contributed by atoms with van der Waals surface area (Å²) in [6.07, 6.45) is 4.58. The largest absolute Gasteiger partial charge is 0.491 e. The third kappa shape index (κ3) is 7.39. The summed E-state index contributed by atoms with van der Waals surface area (Å²) in [5.74, 6) is 0.475. The Hall–Kier alpha value is -2.74. The monoisotopic (exact) mass is 465 g/mol. The maximum Gasteiger partial charge on any atom is 0.255 e. The maximum atomic E-state index is 13.2. The van der Waals surface area contributed by atoms with Crippen LogP contribution >= 0.6 is 11.3 Å². The van der Waals surface area contributed by atoms with E-state index in [1.807, 2.05) is 54.0 Å². The van der Waals surface area contributed by atoms with E-state index in [9.17, 15) is 4.79 Å². The number of fused-ring (bicyclic) bond motifs is 1. The molecule has 3 aromatic rings. The van der Waals surface area contributed by atoms with Gasteiger partial charge in [-0.3, -0.25) is 9.69 Å². The van der Waals surface area contributed by atoms with Crippen molar-refractivity contribution in [2.45, 2.75) is 31.8 Å². The zero-order valence-electron chi connectivity index (χ0n) is 18.8. The predicted molar refractivity (Wildman–Crippen MR) is 131 cm³/mol. The molecular weight excluding hydrogens is 434 g/mol. The van der Waals surface area contributed by atoms with Crippen molar-refractivity contribution in [3.05, 3.63) is 82.3 Å². The molecule has 1 aromatic heterocycles. The quantitative estimate of drug-likeness (QED) is 0.626. The second-order valence-electron chi connectivity index (χ2n) is 8.19. The van der Waals surface area contributed by atoms with Crippen LogP contribution in [0.1, 0.15) is 33.8 Å². The smallest absolute Gasteiger partial charge is 0.255 e. The standard InChI is InChI=1S/C26H31N3O3S/c30-26-23-10-4-5-11-24(23)32-16-14-29(19-25-27-12-17-33-25)13-6-7-15-31-20-22(28-26)18-21-8-2-1-3-9-21/h1-5,8-12,17,22H,6-7,13-16,18-20H2,(H,28,30)/t22-/m0/s1. The van der Waals surface area contributed by atoms with Gasteiger partial charge in [-0.2, -0.15) is 0 Å². The average molecular weight is 466 g/mol. The second-order valence-corrected chi connectivity index (χ2v) is 9.17. The Morgan fingerprint density at radius 2 is 1.88 bits per heavy atom. The fourth-order valence-corrected chi connectivity index (χ4v) is 4.59. The number of hydrogen-bond donors (Lipinski definition) is 1. The highest BCUT2D eigenvalue weighted by molar-refractivity contribution is 7.09. The highest BCUT2D eigenvalue weighted by atomic mass is 32.1. The normalized spacial score (nSPS) is 18.9. The molecule has 7 heteroatoms. The lowest BCUT2D eigenvalue weighted by Crippen LogP contribution is -2.40. The molecule has 0 spiro atoms. The van der Waals surface area contributed by atoms with Gasteiger partial charge in [-0.1, -0.05) is 42.5 Å². The molecule has 0 unspecified atom stereocenters. The van der Waals surface area contributed by atoms with Crippen molar-refractivity contribution in [1.82, 2.24) is 15.2 Å². The van der Waals surface area contributed by atoms with E-state index in [-0.39, 0.29) is 11.9 Å². The summed E-state index contributed by atoms with van der Waals surface area (Å²) >= 11 is 1.67. The lowest BCUT2D eigenvalue weighted by Gasteiger charge is -2.21. The lowest BCUT2D eigenvalue weighted by atomic mass is 10.1. The maximum absolute atomic E-state index is 13.2. The zero-order valence-corrected chi connectivity index (χ0v) is 19.6. The highest BCUT2D eigenvalue weighted by Gasteiger charge is 2.19. The third-order valence-corrected chi connectivity index (χ3v) is 6.40. The predicted octanol–water partition coefficient (Wildman–Crippen LogP) is 4.18. The number of nitrogens with zero attached hydrogens (tertiary/aromatic N) is 2. The Kier molecular flexibility index (Phi) is 8.86. The first-order valence-corrected chi connectivity index (χ1v) is 12.4. The van der Waals surface area contributed by atoms with Crippen LogP contribution in [0.4, 0.5) is 0 Å². The van der Waals surface area contributed by atoms with Crippen molar-refractivity contribution in [3.63, 3.8) is 0 Å². The van der Waals surface area contributed by atoms with E-state index < -0.39 is 0 Å². The number of rotatable bonds is 4. The van der Waals surface area contributed by atoms with Gasteiger partial charge in [-0.25, -0.2) is 4.98 Å². The number of aromatic nitrogens is 1. The molecule has 0 bridgehead atoms. The van der Waals surface area contributed by atoms with E-state index in [2.05, 4.69) is 27.3 Å². The van der Waals surface area contributed by atoms with Gasteiger partial charge in [0.1, 0.15) is 17.4 Å². The van der Waals surface area contributed by atoms with Crippen molar-refractivity contribution >= 4 is 17.2 Å². The Labute approximate surface area is 199 Å². The number of carbonyl (C=O) groups excluding carboxylic acids is 1. The van der Waals surface area contributed by atoms with Crippen LogP contribution in [0.25, 0.3) is 0 Å². The number of thiazole rings is 1. The van der Waals surface area contributed by atoms with Gasteiger partial charge < -0.3 is 14.8 Å². The van der Waals surface area contributed by atoms with Crippen molar-refractivity contribution in [3.8, 4) is 5.75 Å². The Bertz CT molecular complexity index is 981. The van der Waals surface area contributed by atoms with E-state index in [1.54, 1.807) is 11.3 Å². The molecule has 1 atom stereocenters. The molecule has 174 valence electrons. The summed E-state index contributed by atoms with van der Waals surface area (Å²) in [7, 11) is 0. The molecule has 0 saturated carbocycles. The zero-order chi connectivity index (χ0) is 22.7. The SMILES string of the molecule is O=C1N[C@@H](Cc2ccccc2)COCCCCN(Cc2nccs2)CCOc2ccccc21. The summed E-state index contributed by atoms with van der Waals surface area (Å²) in [5, 5.41) is 6.28. The molecular formula is C26H31N3O3S. The molecule has 2 aromatic carbocycles. The first-order valence-electron chi connectivity index (χ1n) is 11.5. The third-order valence-electron chi connectivity index (χ3n) is 5.63. The molecule has 0 radical (unpaired) electrons. The van der Waals surface area contributed by atoms with Gasteiger partial charge in [0, 0.05) is 24.7 Å². The van der Waals surface area contributed by atoms with Crippen LogP contribution in [-0.4, -0.2) is 54.7 Å². The van der Waals surface area contributed by atoms with E-state index in [4.69, 9.17) is 9.47 Å². The molecule has 0 fully saturated rings. The van der Waals surface area contributed by atoms with Gasteiger partial charge in [0.25, 0.3) is 5.91 Å². The Balaban J connectivity index is 1.47. The number of nitrogens with one attached hydrogen (secondary N) is 1. The van der Waals surface area contributed by atoms with Crippen molar-refractivity contribution in [2.75, 3.05) is 32.9 Å². The second kappa shape index (κ2) is 12.5. The lowest BCUT2D eigenvalue weighted by molar-refractivity contribution is 0.0823. The van der Waals surface area contributed by atoms with E-state index in [0.717, 1.165) is 43.9 Å². The first-order chi connectivity index (χ1) is 16.3. The number of amides is 1. The van der Waals surface area contributed by atoms with Gasteiger partial charge in [0.2, 0.25) is 0 Å². The number of ether oxygens (including phenoxy) is 2. The molecule has 4 rings (SSSR count). The number of carbonyl (C=O) groups is 1. The molecule has 0 aliphatic carbocycles. The van der Waals surface area contributed by atoms with Gasteiger partial charge >= 0.3 is 0 Å². The Morgan fingerprint density at radius 1 is 1.03 bits per heavy atom. The van der Waals surface area contributed by atoms with Crippen LogP contribution in [0.5, 0.6) is 5.75 Å². The highest BCUT2D eigenvalue weighted by Crippen LogP contribution is 2.19. The number of benzene rings is 2. The minimum absolute atomic E-state index is 0.112. The summed E-state index contributed by atoms with van der Waals surface area (Å²) in [5.41, 5.74) is 1.73. The summed E-state index contributed by atoms with van der Waals surface area (Å²) in [6.45, 7) is 4.21. The van der Waals surface area contributed by atoms with Crippen molar-refractivity contribution in [2.24, 2.45) is 0 Å². The molecule has 2 heterocycles. The Morgan fingerprint density at radius 3 is 2.73 bits per heavy atom. The number of para-hydroxylation sites is 1. The molecule has 1 amide bonds. The summed E-state index contributed by atoms with van der Waals surface area (Å²) < 4.78 is 12.1. The van der Waals surface area contributed by atoms with E-state index in [0.29, 0.717) is 31.1 Å².